The number of ether oxygens (including phenoxy) is 1. The summed E-state index contributed by atoms with van der Waals surface area (Å²) >= 11 is 0. The Morgan fingerprint density at radius 2 is 1.30 bits per heavy atom. The molecule has 0 spiro atoms. The van der Waals surface area contributed by atoms with Gasteiger partial charge in [0.15, 0.2) is 17.2 Å². The fourth-order valence-corrected chi connectivity index (χ4v) is 4.85. The van der Waals surface area contributed by atoms with Gasteiger partial charge in [-0.1, -0.05) is 42.5 Å². The summed E-state index contributed by atoms with van der Waals surface area (Å²) < 4.78 is 117. The Morgan fingerprint density at radius 3 is 1.91 bits per heavy atom. The molecule has 0 saturated heterocycles. The highest BCUT2D eigenvalue weighted by atomic mass is 19.4. The van der Waals surface area contributed by atoms with E-state index in [1.807, 2.05) is 0 Å². The summed E-state index contributed by atoms with van der Waals surface area (Å²) in [5.74, 6) is -4.82. The second kappa shape index (κ2) is 12.5. The van der Waals surface area contributed by atoms with Gasteiger partial charge in [-0.05, 0) is 79.1 Å². The predicted octanol–water partition coefficient (Wildman–Crippen LogP) is 7.41. The van der Waals surface area contributed by atoms with E-state index in [4.69, 9.17) is 10.5 Å². The van der Waals surface area contributed by atoms with Crippen molar-refractivity contribution in [3.8, 4) is 5.75 Å². The number of alkyl halides is 6. The van der Waals surface area contributed by atoms with E-state index in [0.717, 1.165) is 36.4 Å². The summed E-state index contributed by atoms with van der Waals surface area (Å²) in [5.41, 5.74) is -1.43. The maximum absolute atomic E-state index is 15.1. The molecule has 0 aliphatic heterocycles. The molecule has 4 aromatic carbocycles. The lowest BCUT2D eigenvalue weighted by molar-refractivity contribution is -0.138. The van der Waals surface area contributed by atoms with E-state index in [-0.39, 0.29) is 22.8 Å². The molecular formula is C33H26F8N2O3. The third-order valence-electron chi connectivity index (χ3n) is 7.33. The fraction of sp³-hybridized carbons (Fsp3) is 0.212. The molecule has 5 nitrogen and oxygen atoms in total. The van der Waals surface area contributed by atoms with Gasteiger partial charge >= 0.3 is 12.4 Å². The molecule has 1 atom stereocenters. The van der Waals surface area contributed by atoms with Gasteiger partial charge in [0.2, 0.25) is 0 Å². The molecule has 0 aromatic heterocycles. The molecule has 0 heterocycles. The normalized spacial score (nSPS) is 13.5. The first-order chi connectivity index (χ1) is 21.3. The number of amides is 2. The van der Waals surface area contributed by atoms with Gasteiger partial charge in [0, 0.05) is 12.1 Å². The van der Waals surface area contributed by atoms with Gasteiger partial charge in [0.25, 0.3) is 11.8 Å². The zero-order valence-corrected chi connectivity index (χ0v) is 24.2. The molecular weight excluding hydrogens is 624 g/mol. The predicted molar refractivity (Wildman–Crippen MR) is 152 cm³/mol. The first-order valence-electron chi connectivity index (χ1n) is 13.5. The number of primary amides is 1. The maximum Gasteiger partial charge on any atom is 0.416 e. The molecule has 0 saturated carbocycles. The number of hydrogen-bond acceptors (Lipinski definition) is 3. The number of carbonyl (C=O) groups excluding carboxylic acids is 2. The largest absolute Gasteiger partial charge is 0.475 e. The Kier molecular flexibility index (Phi) is 9.19. The number of benzene rings is 4. The molecule has 4 rings (SSSR count). The molecule has 46 heavy (non-hydrogen) atoms. The van der Waals surface area contributed by atoms with E-state index in [1.165, 1.54) is 44.2 Å². The highest BCUT2D eigenvalue weighted by molar-refractivity contribution is 5.94. The molecule has 13 heteroatoms. The van der Waals surface area contributed by atoms with Crippen LogP contribution in [0.4, 0.5) is 35.1 Å². The van der Waals surface area contributed by atoms with E-state index in [2.05, 4.69) is 5.32 Å². The molecule has 0 bridgehead atoms. The van der Waals surface area contributed by atoms with Crippen LogP contribution in [0.5, 0.6) is 5.75 Å². The van der Waals surface area contributed by atoms with Crippen molar-refractivity contribution in [1.82, 2.24) is 5.32 Å². The SMILES string of the molecule is CC(C)(Oc1cc(C(CNC(=O)c2cccc(C(F)(F)F)c2)(c2ccccc2)c2cc(F)cc(C(F)(F)F)c2)ccc1F)C(N)=O. The molecule has 4 aromatic rings. The molecule has 0 aliphatic rings. The van der Waals surface area contributed by atoms with Crippen LogP contribution in [-0.2, 0) is 22.6 Å². The molecule has 2 amide bonds. The van der Waals surface area contributed by atoms with Gasteiger partial charge in [-0.3, -0.25) is 9.59 Å². The summed E-state index contributed by atoms with van der Waals surface area (Å²) in [6.07, 6.45) is -9.79. The third-order valence-corrected chi connectivity index (χ3v) is 7.33. The van der Waals surface area contributed by atoms with Gasteiger partial charge in [-0.2, -0.15) is 26.3 Å². The molecule has 3 N–H and O–H groups in total. The third kappa shape index (κ3) is 7.13. The van der Waals surface area contributed by atoms with E-state index < -0.39 is 75.8 Å². The van der Waals surface area contributed by atoms with E-state index >= 15 is 4.39 Å². The quantitative estimate of drug-likeness (QED) is 0.146. The average molecular weight is 651 g/mol. The summed E-state index contributed by atoms with van der Waals surface area (Å²) in [4.78, 5) is 25.2. The average Bonchev–Trinajstić information content (AvgIpc) is 2.98. The van der Waals surface area contributed by atoms with Crippen LogP contribution in [0.15, 0.2) is 91.0 Å². The fourth-order valence-electron chi connectivity index (χ4n) is 4.85. The zero-order chi connectivity index (χ0) is 34.1. The van der Waals surface area contributed by atoms with Crippen molar-refractivity contribution in [2.45, 2.75) is 37.2 Å². The molecule has 0 fully saturated rings. The van der Waals surface area contributed by atoms with Crippen molar-refractivity contribution in [2.24, 2.45) is 5.73 Å². The van der Waals surface area contributed by atoms with Gasteiger partial charge in [-0.25, -0.2) is 8.78 Å². The number of nitrogens with two attached hydrogens (primary N) is 1. The monoisotopic (exact) mass is 650 g/mol. The minimum Gasteiger partial charge on any atom is -0.475 e. The standard InChI is InChI=1S/C33H26F8N2O3/c1-30(2,29(42)45)46-27-17-21(11-12-26(27)35)31(20-8-4-3-5-9-20,23-14-24(33(39,40)41)16-25(34)15-23)18-43-28(44)19-7-6-10-22(13-19)32(36,37)38/h3-17H,18H2,1-2H3,(H2,42,45)(H,43,44). The highest BCUT2D eigenvalue weighted by Gasteiger charge is 2.41. The van der Waals surface area contributed by atoms with Crippen LogP contribution in [0.3, 0.4) is 0 Å². The highest BCUT2D eigenvalue weighted by Crippen LogP contribution is 2.43. The minimum atomic E-state index is -5.01. The van der Waals surface area contributed by atoms with Crippen LogP contribution >= 0.6 is 0 Å². The number of halogens is 8. The lowest BCUT2D eigenvalue weighted by Gasteiger charge is -2.37. The van der Waals surface area contributed by atoms with E-state index in [9.17, 15) is 40.3 Å². The summed E-state index contributed by atoms with van der Waals surface area (Å²) in [5, 5.41) is 2.47. The van der Waals surface area contributed by atoms with Crippen LogP contribution in [-0.4, -0.2) is 24.0 Å². The molecule has 0 radical (unpaired) electrons. The van der Waals surface area contributed by atoms with Crippen LogP contribution in [0.25, 0.3) is 0 Å². The smallest absolute Gasteiger partial charge is 0.416 e. The van der Waals surface area contributed by atoms with Crippen molar-refractivity contribution in [3.05, 3.63) is 136 Å². The van der Waals surface area contributed by atoms with Crippen molar-refractivity contribution >= 4 is 11.8 Å². The Balaban J connectivity index is 1.98. The number of hydrogen-bond donors (Lipinski definition) is 2. The van der Waals surface area contributed by atoms with Crippen molar-refractivity contribution < 1.29 is 49.4 Å². The molecule has 242 valence electrons. The first kappa shape index (κ1) is 33.9. The van der Waals surface area contributed by atoms with Crippen LogP contribution in [0.2, 0.25) is 0 Å². The van der Waals surface area contributed by atoms with Gasteiger partial charge in [-0.15, -0.1) is 0 Å². The minimum absolute atomic E-state index is 0.0292. The van der Waals surface area contributed by atoms with Crippen molar-refractivity contribution in [1.29, 1.82) is 0 Å². The zero-order valence-electron chi connectivity index (χ0n) is 24.2. The van der Waals surface area contributed by atoms with Crippen LogP contribution < -0.4 is 15.8 Å². The second-order valence-electron chi connectivity index (χ2n) is 10.9. The van der Waals surface area contributed by atoms with Crippen LogP contribution in [0.1, 0.15) is 52.0 Å². The van der Waals surface area contributed by atoms with Crippen LogP contribution in [0, 0.1) is 11.6 Å². The number of rotatable bonds is 9. The van der Waals surface area contributed by atoms with Crippen molar-refractivity contribution in [2.75, 3.05) is 6.54 Å². The summed E-state index contributed by atoms with van der Waals surface area (Å²) in [6.45, 7) is 1.85. The van der Waals surface area contributed by atoms with E-state index in [1.54, 1.807) is 6.07 Å². The Morgan fingerprint density at radius 1 is 0.696 bits per heavy atom. The Labute approximate surface area is 258 Å². The lowest BCUT2D eigenvalue weighted by Crippen LogP contribution is -2.44. The van der Waals surface area contributed by atoms with E-state index in [0.29, 0.717) is 12.1 Å². The second-order valence-corrected chi connectivity index (χ2v) is 10.9. The van der Waals surface area contributed by atoms with Crippen molar-refractivity contribution in [3.63, 3.8) is 0 Å². The number of carbonyl (C=O) groups is 2. The van der Waals surface area contributed by atoms with Gasteiger partial charge in [0.05, 0.1) is 16.5 Å². The Bertz CT molecular complexity index is 1750. The Hall–Kier alpha value is -4.94. The number of nitrogens with one attached hydrogen (secondary N) is 1. The van der Waals surface area contributed by atoms with Gasteiger partial charge in [0.1, 0.15) is 5.82 Å². The van der Waals surface area contributed by atoms with Gasteiger partial charge < -0.3 is 15.8 Å². The summed E-state index contributed by atoms with van der Waals surface area (Å²) in [7, 11) is 0. The topological polar surface area (TPSA) is 81.4 Å². The molecule has 0 aliphatic carbocycles. The first-order valence-corrected chi connectivity index (χ1v) is 13.5. The lowest BCUT2D eigenvalue weighted by atomic mass is 9.68. The maximum atomic E-state index is 15.1. The summed E-state index contributed by atoms with van der Waals surface area (Å²) in [6, 6.07) is 15.9. The molecule has 1 unspecified atom stereocenters.